The molecule has 7 nitrogen and oxygen atoms in total. The van der Waals surface area contributed by atoms with Gasteiger partial charge in [-0.3, -0.25) is 0 Å². The Morgan fingerprint density at radius 3 is 2.76 bits per heavy atom. The minimum absolute atomic E-state index is 0.0717. The van der Waals surface area contributed by atoms with E-state index in [4.69, 9.17) is 0 Å². The highest BCUT2D eigenvalue weighted by Gasteiger charge is 2.36. The maximum absolute atomic E-state index is 13.6. The second kappa shape index (κ2) is 6.47. The molecule has 4 aromatic heterocycles. The summed E-state index contributed by atoms with van der Waals surface area (Å²) in [4.78, 5) is 13.4. The van der Waals surface area contributed by atoms with Gasteiger partial charge in [-0.2, -0.15) is 10.1 Å². The van der Waals surface area contributed by atoms with E-state index in [1.54, 1.807) is 17.1 Å². The highest BCUT2D eigenvalue weighted by Crippen LogP contribution is 2.39. The number of nitrogens with zero attached hydrogens (tertiary/aromatic N) is 6. The normalized spacial score (nSPS) is 17.2. The van der Waals surface area contributed by atoms with Crippen molar-refractivity contribution in [2.45, 2.75) is 51.5 Å². The van der Waals surface area contributed by atoms with Crippen LogP contribution in [0.25, 0.3) is 16.7 Å². The number of fused-ring (bicyclic) bond motifs is 2. The third-order valence-corrected chi connectivity index (χ3v) is 5.65. The number of alkyl halides is 2. The molecule has 0 aromatic carbocycles. The molecule has 1 aliphatic carbocycles. The van der Waals surface area contributed by atoms with Crippen LogP contribution in [0.2, 0.25) is 0 Å². The van der Waals surface area contributed by atoms with Crippen molar-refractivity contribution in [2.24, 2.45) is 0 Å². The monoisotopic (exact) mass is 397 g/mol. The molecule has 1 fully saturated rings. The fourth-order valence-electron chi connectivity index (χ4n) is 3.96. The molecular weight excluding hydrogens is 376 g/mol. The van der Waals surface area contributed by atoms with Gasteiger partial charge in [-0.15, -0.1) is 0 Å². The summed E-state index contributed by atoms with van der Waals surface area (Å²) in [5.41, 5.74) is 4.24. The minimum atomic E-state index is -2.57. The van der Waals surface area contributed by atoms with Crippen LogP contribution in [0, 0.1) is 13.8 Å². The molecule has 0 spiro atoms. The molecule has 0 unspecified atom stereocenters. The third kappa shape index (κ3) is 3.20. The van der Waals surface area contributed by atoms with Gasteiger partial charge in [-0.1, -0.05) is 0 Å². The molecule has 0 bridgehead atoms. The number of anilines is 2. The zero-order valence-electron chi connectivity index (χ0n) is 16.2. The number of imidazole rings is 1. The van der Waals surface area contributed by atoms with Crippen molar-refractivity contribution in [1.82, 2.24) is 29.1 Å². The number of aromatic nitrogens is 6. The lowest BCUT2D eigenvalue weighted by Gasteiger charge is -2.28. The molecule has 0 saturated heterocycles. The predicted octanol–water partition coefficient (Wildman–Crippen LogP) is 4.58. The molecule has 150 valence electrons. The molecule has 1 aliphatic rings. The topological polar surface area (TPSA) is 72.9 Å². The summed E-state index contributed by atoms with van der Waals surface area (Å²) in [5, 5.41) is 8.70. The molecule has 4 heterocycles. The first kappa shape index (κ1) is 18.0. The van der Waals surface area contributed by atoms with Crippen LogP contribution in [0.4, 0.5) is 20.4 Å². The lowest BCUT2D eigenvalue weighted by molar-refractivity contribution is -0.0446. The van der Waals surface area contributed by atoms with Crippen molar-refractivity contribution in [2.75, 3.05) is 5.32 Å². The lowest BCUT2D eigenvalue weighted by Crippen LogP contribution is -2.27. The van der Waals surface area contributed by atoms with E-state index in [1.165, 1.54) is 0 Å². The van der Waals surface area contributed by atoms with Gasteiger partial charge in [0.2, 0.25) is 11.9 Å². The Hall–Kier alpha value is -3.10. The largest absolute Gasteiger partial charge is 0.323 e. The van der Waals surface area contributed by atoms with Crippen molar-refractivity contribution in [3.63, 3.8) is 0 Å². The van der Waals surface area contributed by atoms with Gasteiger partial charge in [0.15, 0.2) is 5.65 Å². The Balaban J connectivity index is 1.50. The van der Waals surface area contributed by atoms with Crippen LogP contribution >= 0.6 is 0 Å². The summed E-state index contributed by atoms with van der Waals surface area (Å²) >= 11 is 0. The van der Waals surface area contributed by atoms with Crippen LogP contribution in [-0.2, 0) is 0 Å². The van der Waals surface area contributed by atoms with E-state index in [-0.39, 0.29) is 18.9 Å². The molecule has 1 N–H and O–H groups in total. The predicted molar refractivity (Wildman–Crippen MR) is 106 cm³/mol. The minimum Gasteiger partial charge on any atom is -0.323 e. The van der Waals surface area contributed by atoms with E-state index in [9.17, 15) is 8.78 Å². The van der Waals surface area contributed by atoms with Crippen molar-refractivity contribution < 1.29 is 8.78 Å². The van der Waals surface area contributed by atoms with Crippen LogP contribution in [0.5, 0.6) is 0 Å². The summed E-state index contributed by atoms with van der Waals surface area (Å²) in [6, 6.07) is 1.91. The average molecular weight is 397 g/mol. The fourth-order valence-corrected chi connectivity index (χ4v) is 3.96. The zero-order chi connectivity index (χ0) is 20.2. The van der Waals surface area contributed by atoms with E-state index >= 15 is 0 Å². The Labute approximate surface area is 165 Å². The van der Waals surface area contributed by atoms with Crippen molar-refractivity contribution in [1.29, 1.82) is 0 Å². The summed E-state index contributed by atoms with van der Waals surface area (Å²) in [7, 11) is 0. The summed E-state index contributed by atoms with van der Waals surface area (Å²) in [6.07, 6.45) is 7.87. The number of halogens is 2. The zero-order valence-corrected chi connectivity index (χ0v) is 16.2. The third-order valence-electron chi connectivity index (χ3n) is 5.65. The molecule has 9 heteroatoms. The highest BCUT2D eigenvalue weighted by molar-refractivity contribution is 5.79. The molecule has 0 radical (unpaired) electrons. The van der Waals surface area contributed by atoms with Gasteiger partial charge in [-0.25, -0.2) is 23.4 Å². The molecule has 0 amide bonds. The smallest absolute Gasteiger partial charge is 0.248 e. The molecule has 0 aliphatic heterocycles. The van der Waals surface area contributed by atoms with Crippen LogP contribution in [0.1, 0.15) is 43.0 Å². The van der Waals surface area contributed by atoms with E-state index < -0.39 is 5.92 Å². The van der Waals surface area contributed by atoms with Gasteiger partial charge >= 0.3 is 0 Å². The molecule has 4 aromatic rings. The van der Waals surface area contributed by atoms with Gasteiger partial charge in [0, 0.05) is 37.6 Å². The van der Waals surface area contributed by atoms with Gasteiger partial charge in [0.05, 0.1) is 22.8 Å². The van der Waals surface area contributed by atoms with Crippen LogP contribution in [-0.4, -0.2) is 35.1 Å². The maximum atomic E-state index is 13.6. The number of pyridine rings is 1. The summed E-state index contributed by atoms with van der Waals surface area (Å²) in [6.45, 7) is 3.88. The molecule has 1 saturated carbocycles. The molecule has 0 atom stereocenters. The Morgan fingerprint density at radius 2 is 1.97 bits per heavy atom. The maximum Gasteiger partial charge on any atom is 0.248 e. The van der Waals surface area contributed by atoms with Crippen molar-refractivity contribution in [3.05, 3.63) is 42.1 Å². The number of nitrogens with one attached hydrogen (secondary N) is 1. The molecule has 29 heavy (non-hydrogen) atoms. The van der Waals surface area contributed by atoms with Crippen LogP contribution < -0.4 is 5.32 Å². The SMILES string of the molecule is Cc1cc2nccn2cc1Nc1ncc2c(C)nn(C3CCC(F)(F)CC3)c2n1. The van der Waals surface area contributed by atoms with E-state index in [1.807, 2.05) is 36.7 Å². The Bertz CT molecular complexity index is 1200. The van der Waals surface area contributed by atoms with Crippen LogP contribution in [0.15, 0.2) is 30.9 Å². The molecule has 5 rings (SSSR count). The average Bonchev–Trinajstić information content (AvgIpc) is 3.26. The van der Waals surface area contributed by atoms with Crippen molar-refractivity contribution in [3.8, 4) is 0 Å². The van der Waals surface area contributed by atoms with E-state index in [0.717, 1.165) is 28.0 Å². The number of rotatable bonds is 3. The fraction of sp³-hybridized carbons (Fsp3) is 0.400. The van der Waals surface area contributed by atoms with Gasteiger partial charge in [-0.05, 0) is 38.3 Å². The Kier molecular flexibility index (Phi) is 4.01. The first-order chi connectivity index (χ1) is 13.9. The van der Waals surface area contributed by atoms with Gasteiger partial charge in [0.1, 0.15) is 5.65 Å². The van der Waals surface area contributed by atoms with Crippen molar-refractivity contribution >= 4 is 28.3 Å². The second-order valence-electron chi connectivity index (χ2n) is 7.74. The first-order valence-corrected chi connectivity index (χ1v) is 9.70. The lowest BCUT2D eigenvalue weighted by atomic mass is 9.92. The van der Waals surface area contributed by atoms with Gasteiger partial charge < -0.3 is 9.72 Å². The first-order valence-electron chi connectivity index (χ1n) is 9.70. The van der Waals surface area contributed by atoms with E-state index in [2.05, 4.69) is 25.4 Å². The number of hydrogen-bond acceptors (Lipinski definition) is 5. The second-order valence-corrected chi connectivity index (χ2v) is 7.74. The standard InChI is InChI=1S/C20H21F2N7/c1-12-9-17-23-7-8-28(17)11-16(12)25-19-24-10-15-13(2)27-29(18(15)26-19)14-3-5-20(21,22)6-4-14/h7-11,14H,3-6H2,1-2H3,(H,24,25,26). The van der Waals surface area contributed by atoms with Crippen LogP contribution in [0.3, 0.4) is 0 Å². The van der Waals surface area contributed by atoms with Gasteiger partial charge in [0.25, 0.3) is 0 Å². The highest BCUT2D eigenvalue weighted by atomic mass is 19.3. The number of aryl methyl sites for hydroxylation is 2. The van der Waals surface area contributed by atoms with E-state index in [0.29, 0.717) is 24.4 Å². The Morgan fingerprint density at radius 1 is 1.17 bits per heavy atom. The molecular formula is C20H21F2N7. The summed E-state index contributed by atoms with van der Waals surface area (Å²) < 4.78 is 30.9. The quantitative estimate of drug-likeness (QED) is 0.548. The number of hydrogen-bond donors (Lipinski definition) is 1. The summed E-state index contributed by atoms with van der Waals surface area (Å²) in [5.74, 6) is -2.12.